The van der Waals surface area contributed by atoms with Gasteiger partial charge in [0.15, 0.2) is 0 Å². The largest absolute Gasteiger partial charge is 0.481 e. The summed E-state index contributed by atoms with van der Waals surface area (Å²) in [6.07, 6.45) is 3.62. The number of fused-ring (bicyclic) bond motifs is 1. The molecule has 3 nitrogen and oxygen atoms in total. The van der Waals surface area contributed by atoms with Crippen LogP contribution in [0.15, 0.2) is 42.7 Å². The van der Waals surface area contributed by atoms with Gasteiger partial charge in [0.1, 0.15) is 0 Å². The SMILES string of the molecule is COc1ncccc1-c1cccc2sncc12. The van der Waals surface area contributed by atoms with E-state index in [1.165, 1.54) is 16.2 Å². The molecule has 3 aromatic rings. The van der Waals surface area contributed by atoms with Gasteiger partial charge in [-0.1, -0.05) is 12.1 Å². The second-order valence-electron chi connectivity index (χ2n) is 3.60. The fraction of sp³-hybridized carbons (Fsp3) is 0.0769. The lowest BCUT2D eigenvalue weighted by molar-refractivity contribution is 0.400. The molecule has 2 heterocycles. The monoisotopic (exact) mass is 242 g/mol. The molecule has 0 saturated carbocycles. The van der Waals surface area contributed by atoms with Gasteiger partial charge in [0.05, 0.1) is 11.8 Å². The molecule has 0 aliphatic carbocycles. The van der Waals surface area contributed by atoms with E-state index in [0.29, 0.717) is 5.88 Å². The Morgan fingerprint density at radius 3 is 2.88 bits per heavy atom. The number of ether oxygens (including phenoxy) is 1. The highest BCUT2D eigenvalue weighted by Gasteiger charge is 2.10. The maximum Gasteiger partial charge on any atom is 0.221 e. The summed E-state index contributed by atoms with van der Waals surface area (Å²) in [5.74, 6) is 0.645. The van der Waals surface area contributed by atoms with Gasteiger partial charge in [0.25, 0.3) is 0 Å². The van der Waals surface area contributed by atoms with Crippen molar-refractivity contribution < 1.29 is 4.74 Å². The summed E-state index contributed by atoms with van der Waals surface area (Å²) in [5.41, 5.74) is 2.11. The predicted molar refractivity (Wildman–Crippen MR) is 69.4 cm³/mol. The van der Waals surface area contributed by atoms with Crippen LogP contribution in [0.25, 0.3) is 21.2 Å². The third-order valence-corrected chi connectivity index (χ3v) is 3.42. The average Bonchev–Trinajstić information content (AvgIpc) is 2.86. The lowest BCUT2D eigenvalue weighted by Gasteiger charge is -2.07. The smallest absolute Gasteiger partial charge is 0.221 e. The topological polar surface area (TPSA) is 35.0 Å². The van der Waals surface area contributed by atoms with Crippen LogP contribution in [0.4, 0.5) is 0 Å². The first-order valence-electron chi connectivity index (χ1n) is 5.23. The molecule has 0 amide bonds. The van der Waals surface area contributed by atoms with Gasteiger partial charge in [-0.3, -0.25) is 0 Å². The van der Waals surface area contributed by atoms with E-state index in [-0.39, 0.29) is 0 Å². The van der Waals surface area contributed by atoms with E-state index >= 15 is 0 Å². The van der Waals surface area contributed by atoms with E-state index in [9.17, 15) is 0 Å². The van der Waals surface area contributed by atoms with Gasteiger partial charge in [0, 0.05) is 23.3 Å². The maximum atomic E-state index is 5.30. The molecule has 0 spiro atoms. The van der Waals surface area contributed by atoms with Crippen molar-refractivity contribution in [3.05, 3.63) is 42.7 Å². The first-order valence-corrected chi connectivity index (χ1v) is 6.00. The van der Waals surface area contributed by atoms with Crippen LogP contribution in [0.5, 0.6) is 5.88 Å². The predicted octanol–water partition coefficient (Wildman–Crippen LogP) is 3.37. The standard InChI is InChI=1S/C13H10N2OS/c1-16-13-10(5-3-7-14-13)9-4-2-6-12-11(9)8-15-17-12/h2-8H,1H3. The van der Waals surface area contributed by atoms with Crippen molar-refractivity contribution in [3.63, 3.8) is 0 Å². The molecule has 3 rings (SSSR count). The zero-order chi connectivity index (χ0) is 11.7. The second kappa shape index (κ2) is 4.14. The molecular weight excluding hydrogens is 232 g/mol. The molecule has 0 fully saturated rings. The Labute approximate surface area is 103 Å². The lowest BCUT2D eigenvalue weighted by atomic mass is 10.0. The van der Waals surface area contributed by atoms with E-state index in [0.717, 1.165) is 16.5 Å². The number of methoxy groups -OCH3 is 1. The maximum absolute atomic E-state index is 5.30. The minimum Gasteiger partial charge on any atom is -0.481 e. The van der Waals surface area contributed by atoms with Crippen LogP contribution in [0.3, 0.4) is 0 Å². The molecule has 0 saturated heterocycles. The summed E-state index contributed by atoms with van der Waals surface area (Å²) < 4.78 is 10.7. The third-order valence-electron chi connectivity index (χ3n) is 2.65. The molecule has 0 aliphatic rings. The van der Waals surface area contributed by atoms with E-state index in [2.05, 4.69) is 21.5 Å². The number of aromatic nitrogens is 2. The first kappa shape index (κ1) is 10.2. The van der Waals surface area contributed by atoms with Gasteiger partial charge >= 0.3 is 0 Å². The van der Waals surface area contributed by atoms with Crippen LogP contribution in [-0.4, -0.2) is 16.5 Å². The van der Waals surface area contributed by atoms with E-state index in [1.807, 2.05) is 24.4 Å². The quantitative estimate of drug-likeness (QED) is 0.691. The van der Waals surface area contributed by atoms with Gasteiger partial charge in [0.2, 0.25) is 5.88 Å². The van der Waals surface area contributed by atoms with Crippen LogP contribution < -0.4 is 4.74 Å². The van der Waals surface area contributed by atoms with E-state index < -0.39 is 0 Å². The molecule has 0 radical (unpaired) electrons. The van der Waals surface area contributed by atoms with Gasteiger partial charge in [-0.15, -0.1) is 0 Å². The van der Waals surface area contributed by atoms with E-state index in [1.54, 1.807) is 13.3 Å². The normalized spacial score (nSPS) is 10.6. The molecule has 17 heavy (non-hydrogen) atoms. The minimum absolute atomic E-state index is 0.645. The Balaban J connectivity index is 2.30. The molecule has 2 aromatic heterocycles. The second-order valence-corrected chi connectivity index (χ2v) is 4.44. The average molecular weight is 242 g/mol. The van der Waals surface area contributed by atoms with Crippen LogP contribution in [0.1, 0.15) is 0 Å². The number of hydrogen-bond acceptors (Lipinski definition) is 4. The van der Waals surface area contributed by atoms with Crippen LogP contribution >= 0.6 is 11.5 Å². The Hall–Kier alpha value is -1.94. The zero-order valence-corrected chi connectivity index (χ0v) is 10.1. The van der Waals surface area contributed by atoms with E-state index in [4.69, 9.17) is 4.74 Å². The lowest BCUT2D eigenvalue weighted by Crippen LogP contribution is -1.90. The van der Waals surface area contributed by atoms with Crippen molar-refractivity contribution in [2.24, 2.45) is 0 Å². The molecule has 0 bridgehead atoms. The van der Waals surface area contributed by atoms with Gasteiger partial charge in [-0.25, -0.2) is 4.98 Å². The fourth-order valence-electron chi connectivity index (χ4n) is 1.89. The number of rotatable bonds is 2. The molecule has 0 atom stereocenters. The van der Waals surface area contributed by atoms with Crippen molar-refractivity contribution in [1.29, 1.82) is 0 Å². The zero-order valence-electron chi connectivity index (χ0n) is 9.25. The number of pyridine rings is 1. The highest BCUT2D eigenvalue weighted by molar-refractivity contribution is 7.13. The third kappa shape index (κ3) is 1.66. The highest BCUT2D eigenvalue weighted by Crippen LogP contribution is 2.34. The summed E-state index contributed by atoms with van der Waals surface area (Å²) in [6.45, 7) is 0. The van der Waals surface area contributed by atoms with Crippen LogP contribution in [0.2, 0.25) is 0 Å². The van der Waals surface area contributed by atoms with Crippen molar-refractivity contribution in [2.75, 3.05) is 7.11 Å². The molecule has 0 unspecified atom stereocenters. The van der Waals surface area contributed by atoms with Gasteiger partial charge in [-0.2, -0.15) is 4.37 Å². The van der Waals surface area contributed by atoms with Crippen LogP contribution in [0, 0.1) is 0 Å². The van der Waals surface area contributed by atoms with Crippen molar-refractivity contribution in [3.8, 4) is 17.0 Å². The van der Waals surface area contributed by atoms with Crippen molar-refractivity contribution in [1.82, 2.24) is 9.36 Å². The summed E-state index contributed by atoms with van der Waals surface area (Å²) in [4.78, 5) is 4.23. The van der Waals surface area contributed by atoms with Crippen molar-refractivity contribution >= 4 is 21.6 Å². The van der Waals surface area contributed by atoms with Gasteiger partial charge in [-0.05, 0) is 35.3 Å². The number of hydrogen-bond donors (Lipinski definition) is 0. The fourth-order valence-corrected chi connectivity index (χ4v) is 2.56. The summed E-state index contributed by atoms with van der Waals surface area (Å²) in [7, 11) is 1.64. The van der Waals surface area contributed by atoms with Gasteiger partial charge < -0.3 is 4.74 Å². The number of nitrogens with zero attached hydrogens (tertiary/aromatic N) is 2. The molecule has 0 aliphatic heterocycles. The summed E-state index contributed by atoms with van der Waals surface area (Å²) in [5, 5.41) is 1.14. The Morgan fingerprint density at radius 2 is 2.00 bits per heavy atom. The summed E-state index contributed by atoms with van der Waals surface area (Å²) in [6, 6.07) is 10.1. The van der Waals surface area contributed by atoms with Crippen LogP contribution in [-0.2, 0) is 0 Å². The highest BCUT2D eigenvalue weighted by atomic mass is 32.1. The minimum atomic E-state index is 0.645. The Kier molecular flexibility index (Phi) is 2.49. The Bertz CT molecular complexity index is 663. The van der Waals surface area contributed by atoms with Crippen molar-refractivity contribution in [2.45, 2.75) is 0 Å². The Morgan fingerprint density at radius 1 is 1.12 bits per heavy atom. The number of benzene rings is 1. The molecule has 1 aromatic carbocycles. The summed E-state index contributed by atoms with van der Waals surface area (Å²) >= 11 is 1.50. The molecular formula is C13H10N2OS. The molecule has 0 N–H and O–H groups in total. The first-order chi connectivity index (χ1) is 8.40. The molecule has 84 valence electrons. The molecule has 4 heteroatoms.